The fourth-order valence-corrected chi connectivity index (χ4v) is 2.48. The van der Waals surface area contributed by atoms with Gasteiger partial charge in [-0.05, 0) is 36.1 Å². The second kappa shape index (κ2) is 4.76. The van der Waals surface area contributed by atoms with Gasteiger partial charge in [-0.15, -0.1) is 0 Å². The number of amides is 1. The van der Waals surface area contributed by atoms with Crippen LogP contribution in [0.15, 0.2) is 18.2 Å². The standard InChI is InChI=1S/C15H21NO3/c1-10(2)12-8-11(6-7-13(12)18-5)15(3)9-16(4)14(17)19-15/h6-8,10H,9H2,1-5H3. The average molecular weight is 263 g/mol. The van der Waals surface area contributed by atoms with Gasteiger partial charge in [0.1, 0.15) is 5.75 Å². The van der Waals surface area contributed by atoms with Gasteiger partial charge < -0.3 is 14.4 Å². The zero-order valence-electron chi connectivity index (χ0n) is 12.2. The highest BCUT2D eigenvalue weighted by Crippen LogP contribution is 2.36. The molecule has 4 nitrogen and oxygen atoms in total. The zero-order valence-corrected chi connectivity index (χ0v) is 12.2. The Morgan fingerprint density at radius 1 is 1.42 bits per heavy atom. The highest BCUT2D eigenvalue weighted by atomic mass is 16.6. The molecule has 0 aliphatic carbocycles. The van der Waals surface area contributed by atoms with Crippen molar-refractivity contribution in [3.05, 3.63) is 29.3 Å². The monoisotopic (exact) mass is 263 g/mol. The van der Waals surface area contributed by atoms with Gasteiger partial charge in [0.05, 0.1) is 13.7 Å². The Balaban J connectivity index is 2.41. The van der Waals surface area contributed by atoms with Gasteiger partial charge in [-0.2, -0.15) is 0 Å². The summed E-state index contributed by atoms with van der Waals surface area (Å²) < 4.78 is 10.9. The summed E-state index contributed by atoms with van der Waals surface area (Å²) in [6.45, 7) is 6.75. The van der Waals surface area contributed by atoms with Gasteiger partial charge >= 0.3 is 6.09 Å². The highest BCUT2D eigenvalue weighted by molar-refractivity contribution is 5.70. The number of methoxy groups -OCH3 is 1. The summed E-state index contributed by atoms with van der Waals surface area (Å²) in [6, 6.07) is 6.00. The van der Waals surface area contributed by atoms with Crippen LogP contribution in [0.4, 0.5) is 4.79 Å². The average Bonchev–Trinajstić information content (AvgIpc) is 2.63. The van der Waals surface area contributed by atoms with Crippen molar-refractivity contribution in [3.63, 3.8) is 0 Å². The predicted molar refractivity (Wildman–Crippen MR) is 73.5 cm³/mol. The SMILES string of the molecule is COc1ccc(C2(C)CN(C)C(=O)O2)cc1C(C)C. The largest absolute Gasteiger partial charge is 0.496 e. The van der Waals surface area contributed by atoms with Crippen molar-refractivity contribution in [2.45, 2.75) is 32.3 Å². The fourth-order valence-electron chi connectivity index (χ4n) is 2.48. The fraction of sp³-hybridized carbons (Fsp3) is 0.533. The van der Waals surface area contributed by atoms with Crippen molar-refractivity contribution in [1.29, 1.82) is 0 Å². The van der Waals surface area contributed by atoms with Gasteiger partial charge in [-0.25, -0.2) is 4.79 Å². The predicted octanol–water partition coefficient (Wildman–Crippen LogP) is 3.12. The van der Waals surface area contributed by atoms with Gasteiger partial charge in [0.15, 0.2) is 5.60 Å². The van der Waals surface area contributed by atoms with Crippen LogP contribution in [0, 0.1) is 0 Å². The summed E-state index contributed by atoms with van der Waals surface area (Å²) in [5.41, 5.74) is 1.56. The molecule has 1 aliphatic rings. The van der Waals surface area contributed by atoms with Crippen molar-refractivity contribution < 1.29 is 14.3 Å². The van der Waals surface area contributed by atoms with E-state index in [0.717, 1.165) is 16.9 Å². The first-order valence-electron chi connectivity index (χ1n) is 6.50. The number of ether oxygens (including phenoxy) is 2. The maximum Gasteiger partial charge on any atom is 0.410 e. The van der Waals surface area contributed by atoms with Gasteiger partial charge in [0.25, 0.3) is 0 Å². The maximum atomic E-state index is 11.6. The molecule has 0 radical (unpaired) electrons. The number of benzene rings is 1. The molecule has 2 rings (SSSR count). The van der Waals surface area contributed by atoms with E-state index in [1.807, 2.05) is 19.1 Å². The molecule has 1 amide bonds. The Morgan fingerprint density at radius 2 is 2.11 bits per heavy atom. The minimum atomic E-state index is -0.582. The summed E-state index contributed by atoms with van der Waals surface area (Å²) in [5.74, 6) is 1.23. The van der Waals surface area contributed by atoms with E-state index in [1.54, 1.807) is 19.1 Å². The molecule has 1 unspecified atom stereocenters. The Labute approximate surface area is 114 Å². The molecule has 1 saturated heterocycles. The van der Waals surface area contributed by atoms with Crippen molar-refractivity contribution in [3.8, 4) is 5.75 Å². The number of nitrogens with zero attached hydrogens (tertiary/aromatic N) is 1. The Hall–Kier alpha value is -1.71. The highest BCUT2D eigenvalue weighted by Gasteiger charge is 2.41. The Bertz CT molecular complexity index is 498. The van der Waals surface area contributed by atoms with E-state index in [2.05, 4.69) is 19.9 Å². The molecule has 4 heteroatoms. The molecule has 1 aromatic carbocycles. The lowest BCUT2D eigenvalue weighted by molar-refractivity contribution is 0.0700. The van der Waals surface area contributed by atoms with Crippen LogP contribution in [0.2, 0.25) is 0 Å². The molecule has 0 N–H and O–H groups in total. The molecule has 1 aliphatic heterocycles. The van der Waals surface area contributed by atoms with E-state index in [4.69, 9.17) is 9.47 Å². The Morgan fingerprint density at radius 3 is 2.58 bits per heavy atom. The number of carbonyl (C=O) groups excluding carboxylic acids is 1. The topological polar surface area (TPSA) is 38.8 Å². The molecule has 0 spiro atoms. The molecule has 0 bridgehead atoms. The van der Waals surface area contributed by atoms with E-state index in [-0.39, 0.29) is 6.09 Å². The van der Waals surface area contributed by atoms with Crippen LogP contribution in [-0.4, -0.2) is 31.7 Å². The van der Waals surface area contributed by atoms with E-state index in [9.17, 15) is 4.79 Å². The molecular weight excluding hydrogens is 242 g/mol. The van der Waals surface area contributed by atoms with Crippen LogP contribution in [0.5, 0.6) is 5.75 Å². The number of cyclic esters (lactones) is 1. The van der Waals surface area contributed by atoms with E-state index in [0.29, 0.717) is 12.5 Å². The molecule has 1 atom stereocenters. The molecule has 19 heavy (non-hydrogen) atoms. The van der Waals surface area contributed by atoms with Crippen molar-refractivity contribution in [2.75, 3.05) is 20.7 Å². The third-order valence-corrected chi connectivity index (χ3v) is 3.63. The second-order valence-corrected chi connectivity index (χ2v) is 5.57. The third-order valence-electron chi connectivity index (χ3n) is 3.63. The summed E-state index contributed by atoms with van der Waals surface area (Å²) in [6.07, 6.45) is -0.274. The Kier molecular flexibility index (Phi) is 3.43. The number of hydrogen-bond donors (Lipinski definition) is 0. The first-order chi connectivity index (χ1) is 8.87. The summed E-state index contributed by atoms with van der Waals surface area (Å²) in [4.78, 5) is 13.2. The number of rotatable bonds is 3. The van der Waals surface area contributed by atoms with Gasteiger partial charge in [-0.1, -0.05) is 19.9 Å². The lowest BCUT2D eigenvalue weighted by Gasteiger charge is -2.24. The zero-order chi connectivity index (χ0) is 14.2. The summed E-state index contributed by atoms with van der Waals surface area (Å²) in [7, 11) is 3.42. The van der Waals surface area contributed by atoms with Crippen molar-refractivity contribution in [2.24, 2.45) is 0 Å². The summed E-state index contributed by atoms with van der Waals surface area (Å²) >= 11 is 0. The lowest BCUT2D eigenvalue weighted by atomic mass is 9.91. The normalized spacial score (nSPS) is 22.8. The first kappa shape index (κ1) is 13.7. The minimum absolute atomic E-state index is 0.274. The van der Waals surface area contributed by atoms with Crippen LogP contribution in [0.25, 0.3) is 0 Å². The van der Waals surface area contributed by atoms with Gasteiger partial charge in [0, 0.05) is 7.05 Å². The van der Waals surface area contributed by atoms with Crippen LogP contribution in [-0.2, 0) is 10.3 Å². The van der Waals surface area contributed by atoms with E-state index >= 15 is 0 Å². The lowest BCUT2D eigenvalue weighted by Crippen LogP contribution is -2.27. The molecule has 104 valence electrons. The number of carbonyl (C=O) groups is 1. The molecule has 1 aromatic rings. The summed E-state index contributed by atoms with van der Waals surface area (Å²) in [5, 5.41) is 0. The van der Waals surface area contributed by atoms with Crippen molar-refractivity contribution >= 4 is 6.09 Å². The van der Waals surface area contributed by atoms with Crippen LogP contribution in [0.3, 0.4) is 0 Å². The molecule has 0 saturated carbocycles. The van der Waals surface area contributed by atoms with Crippen LogP contribution < -0.4 is 4.74 Å². The van der Waals surface area contributed by atoms with Crippen molar-refractivity contribution in [1.82, 2.24) is 4.90 Å². The number of likely N-dealkylation sites (N-methyl/N-ethyl adjacent to an activating group) is 1. The maximum absolute atomic E-state index is 11.6. The minimum Gasteiger partial charge on any atom is -0.496 e. The number of hydrogen-bond acceptors (Lipinski definition) is 3. The van der Waals surface area contributed by atoms with E-state index < -0.39 is 5.60 Å². The second-order valence-electron chi connectivity index (χ2n) is 5.57. The van der Waals surface area contributed by atoms with Crippen LogP contribution >= 0.6 is 0 Å². The molecular formula is C15H21NO3. The quantitative estimate of drug-likeness (QED) is 0.841. The first-order valence-corrected chi connectivity index (χ1v) is 6.50. The van der Waals surface area contributed by atoms with Gasteiger partial charge in [-0.3, -0.25) is 0 Å². The van der Waals surface area contributed by atoms with E-state index in [1.165, 1.54) is 0 Å². The molecule has 1 fully saturated rings. The third kappa shape index (κ3) is 2.39. The van der Waals surface area contributed by atoms with Gasteiger partial charge in [0.2, 0.25) is 0 Å². The van der Waals surface area contributed by atoms with Crippen LogP contribution in [0.1, 0.15) is 37.8 Å². The molecule has 1 heterocycles. The smallest absolute Gasteiger partial charge is 0.410 e. The molecule has 0 aromatic heterocycles.